The van der Waals surface area contributed by atoms with Crippen LogP contribution in [-0.4, -0.2) is 6.61 Å². The Labute approximate surface area is 49.7 Å². The van der Waals surface area contributed by atoms with E-state index in [1.54, 1.807) is 6.26 Å². The molecule has 1 aliphatic heterocycles. The standard InChI is InChI=1S/C7H9O/c1-2-7-4-3-5-8-6-7/h2-5H,6H2,1H3. The summed E-state index contributed by atoms with van der Waals surface area (Å²) in [6, 6.07) is 0. The summed E-state index contributed by atoms with van der Waals surface area (Å²) in [5.74, 6) is 0. The minimum absolute atomic E-state index is 0.729. The molecule has 0 saturated heterocycles. The van der Waals surface area contributed by atoms with Crippen molar-refractivity contribution < 1.29 is 4.74 Å². The van der Waals surface area contributed by atoms with Gasteiger partial charge in [-0.2, -0.15) is 0 Å². The zero-order valence-corrected chi connectivity index (χ0v) is 4.92. The van der Waals surface area contributed by atoms with Crippen LogP contribution in [0.1, 0.15) is 6.92 Å². The number of hydrogen-bond donors (Lipinski definition) is 0. The van der Waals surface area contributed by atoms with E-state index in [2.05, 4.69) is 0 Å². The molecule has 1 heterocycles. The van der Waals surface area contributed by atoms with Gasteiger partial charge in [-0.25, -0.2) is 0 Å². The maximum absolute atomic E-state index is 4.99. The van der Waals surface area contributed by atoms with Crippen LogP contribution in [0.15, 0.2) is 24.0 Å². The van der Waals surface area contributed by atoms with Gasteiger partial charge in [0, 0.05) is 0 Å². The maximum atomic E-state index is 4.99. The van der Waals surface area contributed by atoms with E-state index in [0.29, 0.717) is 0 Å². The maximum Gasteiger partial charge on any atom is 0.109 e. The Morgan fingerprint density at radius 3 is 3.00 bits per heavy atom. The van der Waals surface area contributed by atoms with E-state index in [0.717, 1.165) is 6.61 Å². The van der Waals surface area contributed by atoms with Crippen molar-refractivity contribution in [2.24, 2.45) is 0 Å². The van der Waals surface area contributed by atoms with E-state index in [1.807, 2.05) is 25.5 Å². The Kier molecular flexibility index (Phi) is 1.73. The lowest BCUT2D eigenvalue weighted by molar-refractivity contribution is 0.277. The molecule has 0 aromatic rings. The first-order valence-corrected chi connectivity index (χ1v) is 2.70. The minimum Gasteiger partial charge on any atom is -0.497 e. The lowest BCUT2D eigenvalue weighted by atomic mass is 10.2. The van der Waals surface area contributed by atoms with E-state index in [9.17, 15) is 0 Å². The van der Waals surface area contributed by atoms with Crippen LogP contribution >= 0.6 is 0 Å². The Morgan fingerprint density at radius 1 is 1.75 bits per heavy atom. The molecule has 1 radical (unpaired) electrons. The summed E-state index contributed by atoms with van der Waals surface area (Å²) in [5.41, 5.74) is 1.24. The number of allylic oxidation sites excluding steroid dienone is 2. The topological polar surface area (TPSA) is 9.23 Å². The van der Waals surface area contributed by atoms with Gasteiger partial charge in [-0.1, -0.05) is 13.0 Å². The third-order valence-electron chi connectivity index (χ3n) is 1.11. The summed E-state index contributed by atoms with van der Waals surface area (Å²) in [6.45, 7) is 2.74. The quantitative estimate of drug-likeness (QED) is 0.497. The molecule has 1 heteroatoms. The zero-order chi connectivity index (χ0) is 5.82. The molecule has 8 heavy (non-hydrogen) atoms. The molecule has 1 aliphatic rings. The summed E-state index contributed by atoms with van der Waals surface area (Å²) in [7, 11) is 0. The predicted molar refractivity (Wildman–Crippen MR) is 33.1 cm³/mol. The molecule has 0 fully saturated rings. The van der Waals surface area contributed by atoms with E-state index < -0.39 is 0 Å². The Hall–Kier alpha value is -0.720. The zero-order valence-electron chi connectivity index (χ0n) is 4.92. The van der Waals surface area contributed by atoms with Crippen molar-refractivity contribution in [3.63, 3.8) is 0 Å². The largest absolute Gasteiger partial charge is 0.497 e. The van der Waals surface area contributed by atoms with Crippen LogP contribution in [0.2, 0.25) is 0 Å². The van der Waals surface area contributed by atoms with E-state index in [-0.39, 0.29) is 0 Å². The molecule has 0 saturated carbocycles. The summed E-state index contributed by atoms with van der Waals surface area (Å²) >= 11 is 0. The molecule has 0 spiro atoms. The Morgan fingerprint density at radius 2 is 2.62 bits per heavy atom. The van der Waals surface area contributed by atoms with Gasteiger partial charge in [-0.05, 0) is 18.1 Å². The second kappa shape index (κ2) is 2.55. The lowest BCUT2D eigenvalue weighted by Crippen LogP contribution is -1.95. The molecule has 0 aliphatic carbocycles. The van der Waals surface area contributed by atoms with Gasteiger partial charge in [-0.15, -0.1) is 0 Å². The van der Waals surface area contributed by atoms with Gasteiger partial charge >= 0.3 is 0 Å². The Balaban J connectivity index is 2.50. The van der Waals surface area contributed by atoms with E-state index in [1.165, 1.54) is 5.57 Å². The molecule has 0 atom stereocenters. The molecule has 1 nitrogen and oxygen atoms in total. The predicted octanol–water partition coefficient (Wildman–Crippen LogP) is 1.68. The van der Waals surface area contributed by atoms with Crippen LogP contribution in [0.5, 0.6) is 0 Å². The van der Waals surface area contributed by atoms with Crippen LogP contribution in [0, 0.1) is 6.42 Å². The normalized spacial score (nSPS) is 17.4. The third kappa shape index (κ3) is 1.12. The second-order valence-electron chi connectivity index (χ2n) is 1.67. The van der Waals surface area contributed by atoms with Gasteiger partial charge in [0.15, 0.2) is 0 Å². The average molecular weight is 109 g/mol. The monoisotopic (exact) mass is 109 g/mol. The van der Waals surface area contributed by atoms with Crippen molar-refractivity contribution in [2.45, 2.75) is 6.92 Å². The van der Waals surface area contributed by atoms with E-state index in [4.69, 9.17) is 4.74 Å². The SMILES string of the molecule is C[CH]C1=CC=COC1. The first-order chi connectivity index (χ1) is 3.93. The third-order valence-corrected chi connectivity index (χ3v) is 1.11. The smallest absolute Gasteiger partial charge is 0.109 e. The lowest BCUT2D eigenvalue weighted by Gasteiger charge is -2.05. The molecule has 43 valence electrons. The van der Waals surface area contributed by atoms with Crippen LogP contribution in [-0.2, 0) is 4.74 Å². The molecule has 0 unspecified atom stereocenters. The van der Waals surface area contributed by atoms with Crippen molar-refractivity contribution in [1.29, 1.82) is 0 Å². The van der Waals surface area contributed by atoms with Gasteiger partial charge in [0.1, 0.15) is 6.61 Å². The number of rotatable bonds is 1. The van der Waals surface area contributed by atoms with E-state index >= 15 is 0 Å². The molecular weight excluding hydrogens is 100 g/mol. The van der Waals surface area contributed by atoms with Crippen molar-refractivity contribution in [1.82, 2.24) is 0 Å². The first kappa shape index (κ1) is 5.42. The number of ether oxygens (including phenoxy) is 1. The molecule has 0 N–H and O–H groups in total. The molecular formula is C7H9O. The van der Waals surface area contributed by atoms with Gasteiger partial charge < -0.3 is 4.74 Å². The molecule has 0 bridgehead atoms. The van der Waals surface area contributed by atoms with Crippen LogP contribution < -0.4 is 0 Å². The Bertz CT molecular complexity index is 122. The van der Waals surface area contributed by atoms with Crippen molar-refractivity contribution in [2.75, 3.05) is 6.61 Å². The molecule has 0 aromatic heterocycles. The fraction of sp³-hybridized carbons (Fsp3) is 0.286. The van der Waals surface area contributed by atoms with Crippen molar-refractivity contribution in [3.05, 3.63) is 30.4 Å². The fourth-order valence-corrected chi connectivity index (χ4v) is 0.590. The summed E-state index contributed by atoms with van der Waals surface area (Å²) < 4.78 is 4.99. The van der Waals surface area contributed by atoms with Crippen LogP contribution in [0.4, 0.5) is 0 Å². The molecule has 0 aromatic carbocycles. The van der Waals surface area contributed by atoms with Gasteiger partial charge in [-0.3, -0.25) is 0 Å². The highest BCUT2D eigenvalue weighted by Gasteiger charge is 1.94. The second-order valence-corrected chi connectivity index (χ2v) is 1.67. The summed E-state index contributed by atoms with van der Waals surface area (Å²) in [5, 5.41) is 0. The molecule has 1 rings (SSSR count). The van der Waals surface area contributed by atoms with Crippen LogP contribution in [0.25, 0.3) is 0 Å². The highest BCUT2D eigenvalue weighted by Crippen LogP contribution is 2.04. The highest BCUT2D eigenvalue weighted by atomic mass is 16.5. The highest BCUT2D eigenvalue weighted by molar-refractivity contribution is 5.21. The summed E-state index contributed by atoms with van der Waals surface area (Å²) in [6.07, 6.45) is 7.69. The van der Waals surface area contributed by atoms with Crippen LogP contribution in [0.3, 0.4) is 0 Å². The average Bonchev–Trinajstić information content (AvgIpc) is 1.90. The number of hydrogen-bond acceptors (Lipinski definition) is 1. The van der Waals surface area contributed by atoms with Crippen molar-refractivity contribution >= 4 is 0 Å². The van der Waals surface area contributed by atoms with Gasteiger partial charge in [0.25, 0.3) is 0 Å². The first-order valence-electron chi connectivity index (χ1n) is 2.70. The summed E-state index contributed by atoms with van der Waals surface area (Å²) in [4.78, 5) is 0. The van der Waals surface area contributed by atoms with Crippen molar-refractivity contribution in [3.8, 4) is 0 Å². The molecule has 0 amide bonds. The minimum atomic E-state index is 0.729. The van der Waals surface area contributed by atoms with Gasteiger partial charge in [0.2, 0.25) is 0 Å². The fourth-order valence-electron chi connectivity index (χ4n) is 0.590. The van der Waals surface area contributed by atoms with Gasteiger partial charge in [0.05, 0.1) is 6.26 Å².